The van der Waals surface area contributed by atoms with Gasteiger partial charge >= 0.3 is 0 Å². The number of rotatable bonds is 7. The number of aromatic nitrogens is 1. The molecule has 3 heterocycles. The number of hydrogen-bond donors (Lipinski definition) is 1. The predicted molar refractivity (Wildman–Crippen MR) is 124 cm³/mol. The molecule has 172 valence electrons. The summed E-state index contributed by atoms with van der Waals surface area (Å²) in [4.78, 5) is 21.5. The lowest BCUT2D eigenvalue weighted by Gasteiger charge is -2.33. The number of benzene rings is 1. The van der Waals surface area contributed by atoms with E-state index in [1.807, 2.05) is 48.4 Å². The fraction of sp³-hybridized carbons (Fsp3) is 0.500. The number of hydrogen-bond acceptors (Lipinski definition) is 5. The van der Waals surface area contributed by atoms with E-state index < -0.39 is 10.0 Å². The Morgan fingerprint density at radius 1 is 1.09 bits per heavy atom. The van der Waals surface area contributed by atoms with E-state index in [9.17, 15) is 13.2 Å². The van der Waals surface area contributed by atoms with Crippen LogP contribution in [0.25, 0.3) is 0 Å². The smallest absolute Gasteiger partial charge is 0.237 e. The lowest BCUT2D eigenvalue weighted by Crippen LogP contribution is -2.44. The van der Waals surface area contributed by atoms with Crippen LogP contribution >= 0.6 is 0 Å². The molecule has 0 spiro atoms. The molecule has 0 bridgehead atoms. The van der Waals surface area contributed by atoms with Gasteiger partial charge in [0, 0.05) is 31.5 Å². The molecule has 1 fully saturated rings. The summed E-state index contributed by atoms with van der Waals surface area (Å²) in [6.45, 7) is 5.83. The average molecular weight is 457 g/mol. The summed E-state index contributed by atoms with van der Waals surface area (Å²) < 4.78 is 27.9. The molecule has 1 saturated heterocycles. The first-order valence-corrected chi connectivity index (χ1v) is 13.0. The lowest BCUT2D eigenvalue weighted by molar-refractivity contribution is -0.133. The van der Waals surface area contributed by atoms with Gasteiger partial charge in [-0.15, -0.1) is 0 Å². The maximum Gasteiger partial charge on any atom is 0.237 e. The minimum Gasteiger partial charge on any atom is -0.337 e. The van der Waals surface area contributed by atoms with Gasteiger partial charge in [-0.3, -0.25) is 14.7 Å². The van der Waals surface area contributed by atoms with Gasteiger partial charge in [0.05, 0.1) is 12.3 Å². The molecule has 2 aliphatic heterocycles. The SMILES string of the molecule is Cc1ncc2c(c1CNS(=O)(=O)Cc1ccccc1)CCN(C(=O)CN1CCCCC1)C2. The zero-order chi connectivity index (χ0) is 22.6. The van der Waals surface area contributed by atoms with Crippen LogP contribution in [0.4, 0.5) is 0 Å². The van der Waals surface area contributed by atoms with Crippen LogP contribution in [0.3, 0.4) is 0 Å². The van der Waals surface area contributed by atoms with Gasteiger partial charge in [-0.1, -0.05) is 36.8 Å². The summed E-state index contributed by atoms with van der Waals surface area (Å²) in [6.07, 6.45) is 6.16. The van der Waals surface area contributed by atoms with E-state index in [2.05, 4.69) is 14.6 Å². The molecule has 0 saturated carbocycles. The van der Waals surface area contributed by atoms with Crippen molar-refractivity contribution in [2.45, 2.75) is 51.4 Å². The number of nitrogens with one attached hydrogen (secondary N) is 1. The van der Waals surface area contributed by atoms with Crippen molar-refractivity contribution in [2.75, 3.05) is 26.2 Å². The molecule has 1 N–H and O–H groups in total. The fourth-order valence-corrected chi connectivity index (χ4v) is 5.70. The van der Waals surface area contributed by atoms with Gasteiger partial charge in [0.25, 0.3) is 0 Å². The zero-order valence-electron chi connectivity index (χ0n) is 18.7. The molecule has 8 heteroatoms. The highest BCUT2D eigenvalue weighted by Crippen LogP contribution is 2.24. The van der Waals surface area contributed by atoms with E-state index in [1.165, 1.54) is 19.3 Å². The Bertz CT molecular complexity index is 1050. The third kappa shape index (κ3) is 5.74. The Labute approximate surface area is 190 Å². The number of pyridine rings is 1. The molecule has 1 aromatic carbocycles. The first-order valence-electron chi connectivity index (χ1n) is 11.4. The fourth-order valence-electron chi connectivity index (χ4n) is 4.60. The monoisotopic (exact) mass is 456 g/mol. The molecule has 2 aliphatic rings. The van der Waals surface area contributed by atoms with Gasteiger partial charge in [0.15, 0.2) is 0 Å². The van der Waals surface area contributed by atoms with Crippen molar-refractivity contribution < 1.29 is 13.2 Å². The predicted octanol–water partition coefficient (Wildman–Crippen LogP) is 2.38. The molecule has 7 nitrogen and oxygen atoms in total. The van der Waals surface area contributed by atoms with Crippen LogP contribution in [0.2, 0.25) is 0 Å². The van der Waals surface area contributed by atoms with Crippen LogP contribution in [0.5, 0.6) is 0 Å². The number of piperidine rings is 1. The highest BCUT2D eigenvalue weighted by molar-refractivity contribution is 7.88. The van der Waals surface area contributed by atoms with Crippen molar-refractivity contribution in [1.29, 1.82) is 0 Å². The molecular weight excluding hydrogens is 424 g/mol. The Kier molecular flexibility index (Phi) is 7.23. The van der Waals surface area contributed by atoms with Crippen LogP contribution < -0.4 is 4.72 Å². The number of carbonyl (C=O) groups is 1. The summed E-state index contributed by atoms with van der Waals surface area (Å²) in [6, 6.07) is 9.17. The van der Waals surface area contributed by atoms with Crippen molar-refractivity contribution in [1.82, 2.24) is 19.5 Å². The number of carbonyl (C=O) groups excluding carboxylic acids is 1. The van der Waals surface area contributed by atoms with E-state index in [1.54, 1.807) is 0 Å². The molecule has 1 amide bonds. The zero-order valence-corrected chi connectivity index (χ0v) is 19.5. The van der Waals surface area contributed by atoms with E-state index in [0.717, 1.165) is 47.5 Å². The molecular formula is C24H32N4O3S. The number of likely N-dealkylation sites (tertiary alicyclic amines) is 1. The third-order valence-electron chi connectivity index (χ3n) is 6.42. The Morgan fingerprint density at radius 3 is 2.59 bits per heavy atom. The van der Waals surface area contributed by atoms with E-state index in [4.69, 9.17) is 0 Å². The first kappa shape index (κ1) is 22.9. The van der Waals surface area contributed by atoms with Crippen molar-refractivity contribution in [3.8, 4) is 0 Å². The minimum absolute atomic E-state index is 0.0475. The van der Waals surface area contributed by atoms with E-state index in [-0.39, 0.29) is 18.2 Å². The van der Waals surface area contributed by atoms with Crippen molar-refractivity contribution in [2.24, 2.45) is 0 Å². The quantitative estimate of drug-likeness (QED) is 0.692. The van der Waals surface area contributed by atoms with Gasteiger partial charge in [0.2, 0.25) is 15.9 Å². The van der Waals surface area contributed by atoms with Gasteiger partial charge < -0.3 is 4.90 Å². The third-order valence-corrected chi connectivity index (χ3v) is 7.72. The number of fused-ring (bicyclic) bond motifs is 1. The molecule has 4 rings (SSSR count). The largest absolute Gasteiger partial charge is 0.337 e. The van der Waals surface area contributed by atoms with Crippen LogP contribution in [-0.2, 0) is 40.1 Å². The van der Waals surface area contributed by atoms with Crippen LogP contribution in [0, 0.1) is 6.92 Å². The van der Waals surface area contributed by atoms with Crippen LogP contribution in [0.1, 0.15) is 47.2 Å². The molecule has 0 aliphatic carbocycles. The summed E-state index contributed by atoms with van der Waals surface area (Å²) in [5, 5.41) is 0. The number of nitrogens with zero attached hydrogens (tertiary/aromatic N) is 3. The van der Waals surface area contributed by atoms with Gasteiger partial charge in [-0.25, -0.2) is 13.1 Å². The van der Waals surface area contributed by atoms with Crippen LogP contribution in [-0.4, -0.2) is 55.3 Å². The number of aryl methyl sites for hydroxylation is 1. The summed E-state index contributed by atoms with van der Waals surface area (Å²) in [5.41, 5.74) is 4.67. The number of sulfonamides is 1. The van der Waals surface area contributed by atoms with E-state index in [0.29, 0.717) is 19.6 Å². The second kappa shape index (κ2) is 10.1. The standard InChI is InChI=1S/C24H32N4O3S/c1-19-23(15-26-32(30,31)18-20-8-4-2-5-9-20)22-10-13-28(16-21(22)14-25-19)24(29)17-27-11-6-3-7-12-27/h2,4-5,8-9,14,26H,3,6-7,10-13,15-18H2,1H3. The molecule has 0 atom stereocenters. The Morgan fingerprint density at radius 2 is 1.84 bits per heavy atom. The molecule has 0 unspecified atom stereocenters. The lowest BCUT2D eigenvalue weighted by atomic mass is 9.95. The molecule has 2 aromatic rings. The topological polar surface area (TPSA) is 82.6 Å². The average Bonchev–Trinajstić information content (AvgIpc) is 2.79. The maximum absolute atomic E-state index is 12.8. The summed E-state index contributed by atoms with van der Waals surface area (Å²) >= 11 is 0. The Hall–Kier alpha value is -2.29. The summed E-state index contributed by atoms with van der Waals surface area (Å²) in [7, 11) is -3.46. The molecule has 32 heavy (non-hydrogen) atoms. The van der Waals surface area contributed by atoms with Gasteiger partial charge in [-0.2, -0.15) is 0 Å². The number of amides is 1. The van der Waals surface area contributed by atoms with Crippen molar-refractivity contribution in [3.63, 3.8) is 0 Å². The second-order valence-electron chi connectivity index (χ2n) is 8.79. The highest BCUT2D eigenvalue weighted by atomic mass is 32.2. The normalized spacial score (nSPS) is 17.2. The van der Waals surface area contributed by atoms with Gasteiger partial charge in [-0.05, 0) is 61.5 Å². The summed E-state index contributed by atoms with van der Waals surface area (Å²) in [5.74, 6) is 0.122. The first-order chi connectivity index (χ1) is 15.4. The molecule has 0 radical (unpaired) electrons. The van der Waals surface area contributed by atoms with Crippen molar-refractivity contribution in [3.05, 3.63) is 64.5 Å². The Balaban J connectivity index is 1.41. The molecule has 1 aromatic heterocycles. The highest BCUT2D eigenvalue weighted by Gasteiger charge is 2.26. The van der Waals surface area contributed by atoms with Crippen molar-refractivity contribution >= 4 is 15.9 Å². The van der Waals surface area contributed by atoms with E-state index >= 15 is 0 Å². The van der Waals surface area contributed by atoms with Gasteiger partial charge in [0.1, 0.15) is 0 Å². The minimum atomic E-state index is -3.46. The second-order valence-corrected chi connectivity index (χ2v) is 10.6. The maximum atomic E-state index is 12.8. The van der Waals surface area contributed by atoms with Crippen LogP contribution in [0.15, 0.2) is 36.5 Å².